The highest BCUT2D eigenvalue weighted by Crippen LogP contribution is 2.47. The first-order valence-corrected chi connectivity index (χ1v) is 9.36. The fourth-order valence-electron chi connectivity index (χ4n) is 4.05. The average molecular weight is 373 g/mol. The molecule has 0 amide bonds. The number of H-pyrrole nitrogens is 1. The van der Waals surface area contributed by atoms with Crippen molar-refractivity contribution in [1.29, 1.82) is 5.26 Å². The Morgan fingerprint density at radius 1 is 1.21 bits per heavy atom. The van der Waals surface area contributed by atoms with Crippen LogP contribution >= 0.6 is 0 Å². The van der Waals surface area contributed by atoms with Crippen LogP contribution in [0.1, 0.15) is 46.6 Å². The molecule has 0 unspecified atom stereocenters. The highest BCUT2D eigenvalue weighted by molar-refractivity contribution is 6.20. The van der Waals surface area contributed by atoms with E-state index in [1.165, 1.54) is 0 Å². The van der Waals surface area contributed by atoms with Gasteiger partial charge in [-0.1, -0.05) is 32.0 Å². The number of nitrogens with one attached hydrogen (secondary N) is 1. The van der Waals surface area contributed by atoms with Crippen LogP contribution in [0, 0.1) is 11.3 Å². The quantitative estimate of drug-likeness (QED) is 0.754. The molecule has 4 rings (SSSR count). The number of carbonyl (C=O) groups is 1. The van der Waals surface area contributed by atoms with Gasteiger partial charge in [0.05, 0.1) is 17.2 Å². The molecule has 1 aliphatic carbocycles. The summed E-state index contributed by atoms with van der Waals surface area (Å²) in [5, 5.41) is 10.1. The van der Waals surface area contributed by atoms with Gasteiger partial charge in [0.15, 0.2) is 5.78 Å². The number of ether oxygens (including phenoxy) is 1. The van der Waals surface area contributed by atoms with Gasteiger partial charge >= 0.3 is 0 Å². The van der Waals surface area contributed by atoms with Crippen molar-refractivity contribution in [1.82, 2.24) is 9.88 Å². The van der Waals surface area contributed by atoms with Crippen molar-refractivity contribution >= 4 is 16.7 Å². The van der Waals surface area contributed by atoms with Crippen molar-refractivity contribution in [2.24, 2.45) is 0 Å². The summed E-state index contributed by atoms with van der Waals surface area (Å²) >= 11 is 0. The minimum atomic E-state index is -0.431. The second kappa shape index (κ2) is 6.50. The van der Waals surface area contributed by atoms with Crippen LogP contribution in [-0.2, 0) is 5.41 Å². The zero-order chi connectivity index (χ0) is 20.1. The lowest BCUT2D eigenvalue weighted by Gasteiger charge is -2.33. The van der Waals surface area contributed by atoms with Crippen molar-refractivity contribution in [2.75, 3.05) is 27.2 Å². The molecule has 0 bridgehead atoms. The summed E-state index contributed by atoms with van der Waals surface area (Å²) in [6, 6.07) is 13.3. The average Bonchev–Trinajstić information content (AvgIpc) is 3.05. The van der Waals surface area contributed by atoms with Crippen molar-refractivity contribution in [3.8, 4) is 11.8 Å². The molecule has 3 aromatic rings. The van der Waals surface area contributed by atoms with Crippen LogP contribution in [0.2, 0.25) is 0 Å². The van der Waals surface area contributed by atoms with Crippen LogP contribution in [0.5, 0.6) is 5.75 Å². The van der Waals surface area contributed by atoms with Gasteiger partial charge in [0.1, 0.15) is 12.4 Å². The van der Waals surface area contributed by atoms with Crippen LogP contribution in [0.15, 0.2) is 36.4 Å². The third-order valence-electron chi connectivity index (χ3n) is 5.47. The Bertz CT molecular complexity index is 1130. The SMILES string of the molecule is CN(C)CCOc1cccc2c1C(C)(C)c1[nH]c3cc(C#N)ccc3c1C2=O. The molecule has 2 aromatic carbocycles. The van der Waals surface area contributed by atoms with Crippen LogP contribution < -0.4 is 4.74 Å². The number of carbonyl (C=O) groups excluding carboxylic acids is 1. The molecule has 142 valence electrons. The van der Waals surface area contributed by atoms with Crippen molar-refractivity contribution in [3.63, 3.8) is 0 Å². The molecule has 1 heterocycles. The number of rotatable bonds is 4. The van der Waals surface area contributed by atoms with Crippen LogP contribution in [0.3, 0.4) is 0 Å². The molecule has 0 fully saturated rings. The minimum absolute atomic E-state index is 0.00153. The molecule has 28 heavy (non-hydrogen) atoms. The Morgan fingerprint density at radius 3 is 2.71 bits per heavy atom. The summed E-state index contributed by atoms with van der Waals surface area (Å²) in [7, 11) is 4.01. The van der Waals surface area contributed by atoms with E-state index in [-0.39, 0.29) is 5.78 Å². The summed E-state index contributed by atoms with van der Waals surface area (Å²) in [5.74, 6) is 0.748. The highest BCUT2D eigenvalue weighted by atomic mass is 16.5. The van der Waals surface area contributed by atoms with Crippen LogP contribution in [-0.4, -0.2) is 42.9 Å². The van der Waals surface area contributed by atoms with Gasteiger partial charge in [-0.05, 0) is 32.3 Å². The molecular weight excluding hydrogens is 350 g/mol. The van der Waals surface area contributed by atoms with E-state index in [0.717, 1.165) is 34.5 Å². The highest BCUT2D eigenvalue weighted by Gasteiger charge is 2.41. The second-order valence-electron chi connectivity index (χ2n) is 8.03. The van der Waals surface area contributed by atoms with Gasteiger partial charge in [-0.25, -0.2) is 0 Å². The molecule has 1 N–H and O–H groups in total. The molecule has 1 aromatic heterocycles. The Balaban J connectivity index is 1.88. The summed E-state index contributed by atoms with van der Waals surface area (Å²) in [6.45, 7) is 5.57. The molecule has 5 heteroatoms. The third-order valence-corrected chi connectivity index (χ3v) is 5.47. The number of hydrogen-bond donors (Lipinski definition) is 1. The maximum absolute atomic E-state index is 13.4. The maximum Gasteiger partial charge on any atom is 0.195 e. The Kier molecular flexibility index (Phi) is 4.24. The number of ketones is 1. The number of aromatic amines is 1. The zero-order valence-corrected chi connectivity index (χ0v) is 16.6. The fraction of sp³-hybridized carbons (Fsp3) is 0.304. The van der Waals surface area contributed by atoms with Crippen molar-refractivity contribution < 1.29 is 9.53 Å². The number of nitriles is 1. The van der Waals surface area contributed by atoms with Gasteiger partial charge in [0.2, 0.25) is 0 Å². The number of nitrogens with zero attached hydrogens (tertiary/aromatic N) is 2. The number of hydrogen-bond acceptors (Lipinski definition) is 4. The van der Waals surface area contributed by atoms with Crippen molar-refractivity contribution in [3.05, 3.63) is 64.3 Å². The van der Waals surface area contributed by atoms with Gasteiger partial charge in [-0.2, -0.15) is 5.26 Å². The minimum Gasteiger partial charge on any atom is -0.492 e. The lowest BCUT2D eigenvalue weighted by Crippen LogP contribution is -2.31. The van der Waals surface area contributed by atoms with Crippen LogP contribution in [0.4, 0.5) is 0 Å². The lowest BCUT2D eigenvalue weighted by molar-refractivity contribution is 0.103. The fourth-order valence-corrected chi connectivity index (χ4v) is 4.05. The molecule has 0 saturated carbocycles. The Labute approximate surface area is 164 Å². The Hall–Kier alpha value is -3.10. The lowest BCUT2D eigenvalue weighted by atomic mass is 9.71. The predicted octanol–water partition coefficient (Wildman–Crippen LogP) is 3.85. The maximum atomic E-state index is 13.4. The van der Waals surface area contributed by atoms with E-state index in [1.54, 1.807) is 12.1 Å². The van der Waals surface area contributed by atoms with Gasteiger partial charge in [-0.3, -0.25) is 4.79 Å². The second-order valence-corrected chi connectivity index (χ2v) is 8.03. The molecule has 0 saturated heterocycles. The van der Waals surface area contributed by atoms with E-state index in [0.29, 0.717) is 23.3 Å². The van der Waals surface area contributed by atoms with E-state index in [2.05, 4.69) is 29.8 Å². The van der Waals surface area contributed by atoms with Crippen LogP contribution in [0.25, 0.3) is 10.9 Å². The monoisotopic (exact) mass is 373 g/mol. The molecular formula is C23H23N3O2. The van der Waals surface area contributed by atoms with Gasteiger partial charge < -0.3 is 14.6 Å². The Morgan fingerprint density at radius 2 is 2.00 bits per heavy atom. The first-order chi connectivity index (χ1) is 13.3. The number of likely N-dealkylation sites (N-methyl/N-ethyl adjacent to an activating group) is 1. The molecule has 1 aliphatic rings. The topological polar surface area (TPSA) is 69.1 Å². The predicted molar refractivity (Wildman–Crippen MR) is 109 cm³/mol. The first-order valence-electron chi connectivity index (χ1n) is 9.36. The van der Waals surface area contributed by atoms with E-state index in [9.17, 15) is 10.1 Å². The summed E-state index contributed by atoms with van der Waals surface area (Å²) in [6.07, 6.45) is 0. The number of benzene rings is 2. The summed E-state index contributed by atoms with van der Waals surface area (Å²) in [5.41, 5.74) is 4.12. The van der Waals surface area contributed by atoms with Gasteiger partial charge in [0, 0.05) is 39.7 Å². The molecule has 5 nitrogen and oxygen atoms in total. The molecule has 0 radical (unpaired) electrons. The summed E-state index contributed by atoms with van der Waals surface area (Å²) in [4.78, 5) is 18.9. The largest absolute Gasteiger partial charge is 0.492 e. The first kappa shape index (κ1) is 18.3. The van der Waals surface area contributed by atoms with E-state index >= 15 is 0 Å². The van der Waals surface area contributed by atoms with Crippen molar-refractivity contribution in [2.45, 2.75) is 19.3 Å². The zero-order valence-electron chi connectivity index (χ0n) is 16.6. The third kappa shape index (κ3) is 2.69. The van der Waals surface area contributed by atoms with E-state index in [1.807, 2.05) is 38.4 Å². The normalized spacial score (nSPS) is 14.6. The molecule has 0 spiro atoms. The smallest absolute Gasteiger partial charge is 0.195 e. The van der Waals surface area contributed by atoms with E-state index < -0.39 is 5.41 Å². The molecule has 0 atom stereocenters. The standard InChI is InChI=1S/C23H23N3O2/c1-23(2)20-16(6-5-7-18(20)28-11-10-26(3)4)21(27)19-15-9-8-14(13-24)12-17(15)25-22(19)23/h5-9,12,25H,10-11H2,1-4H3. The van der Waals surface area contributed by atoms with E-state index in [4.69, 9.17) is 4.74 Å². The molecule has 0 aliphatic heterocycles. The summed E-state index contributed by atoms with van der Waals surface area (Å²) < 4.78 is 6.07. The van der Waals surface area contributed by atoms with Gasteiger partial charge in [0.25, 0.3) is 0 Å². The number of aromatic nitrogens is 1. The van der Waals surface area contributed by atoms with Gasteiger partial charge in [-0.15, -0.1) is 0 Å². The number of fused-ring (bicyclic) bond motifs is 4.